The van der Waals surface area contributed by atoms with E-state index in [0.29, 0.717) is 0 Å². The third-order valence-corrected chi connectivity index (χ3v) is 2.53. The summed E-state index contributed by atoms with van der Waals surface area (Å²) in [5.41, 5.74) is 0.0640. The molecule has 20 heavy (non-hydrogen) atoms. The standard InChI is InChI=1S/C14H20N2O4/c1-10(12(17)18)16(13(19)20-14(2,3)4)9-11-6-5-7-15-8-11/h5-8,10H,9H2,1-4H3,(H,17,18). The SMILES string of the molecule is CC(C(=O)O)N(Cc1cccnc1)C(=O)OC(C)(C)C. The smallest absolute Gasteiger partial charge is 0.411 e. The number of nitrogens with zero attached hydrogens (tertiary/aromatic N) is 2. The number of carbonyl (C=O) groups excluding carboxylic acids is 1. The fraction of sp³-hybridized carbons (Fsp3) is 0.500. The van der Waals surface area contributed by atoms with Crippen molar-refractivity contribution in [3.63, 3.8) is 0 Å². The molecule has 0 aliphatic rings. The highest BCUT2D eigenvalue weighted by Crippen LogP contribution is 2.15. The lowest BCUT2D eigenvalue weighted by Crippen LogP contribution is -2.45. The van der Waals surface area contributed by atoms with Crippen LogP contribution in [0.25, 0.3) is 0 Å². The van der Waals surface area contributed by atoms with Crippen LogP contribution < -0.4 is 0 Å². The van der Waals surface area contributed by atoms with Crippen molar-refractivity contribution in [2.45, 2.75) is 45.9 Å². The highest BCUT2D eigenvalue weighted by atomic mass is 16.6. The van der Waals surface area contributed by atoms with Crippen LogP contribution in [0.3, 0.4) is 0 Å². The topological polar surface area (TPSA) is 79.7 Å². The number of carbonyl (C=O) groups is 2. The number of carboxylic acid groups (broad SMARTS) is 1. The van der Waals surface area contributed by atoms with E-state index in [2.05, 4.69) is 4.98 Å². The molecule has 1 N–H and O–H groups in total. The zero-order valence-electron chi connectivity index (χ0n) is 12.2. The third-order valence-electron chi connectivity index (χ3n) is 2.53. The Kier molecular flexibility index (Phi) is 5.07. The predicted molar refractivity (Wildman–Crippen MR) is 73.1 cm³/mol. The van der Waals surface area contributed by atoms with Gasteiger partial charge in [-0.05, 0) is 39.3 Å². The third kappa shape index (κ3) is 4.87. The van der Waals surface area contributed by atoms with E-state index in [4.69, 9.17) is 9.84 Å². The second kappa shape index (κ2) is 6.36. The molecular formula is C14H20N2O4. The number of amides is 1. The minimum atomic E-state index is -1.08. The van der Waals surface area contributed by atoms with Crippen molar-refractivity contribution in [3.8, 4) is 0 Å². The Morgan fingerprint density at radius 3 is 2.55 bits per heavy atom. The van der Waals surface area contributed by atoms with Gasteiger partial charge in [0.05, 0.1) is 6.54 Å². The first-order valence-electron chi connectivity index (χ1n) is 6.32. The summed E-state index contributed by atoms with van der Waals surface area (Å²) in [5.74, 6) is -1.08. The fourth-order valence-electron chi connectivity index (χ4n) is 1.50. The first-order chi connectivity index (χ1) is 9.20. The zero-order valence-corrected chi connectivity index (χ0v) is 12.2. The van der Waals surface area contributed by atoms with Gasteiger partial charge < -0.3 is 9.84 Å². The van der Waals surface area contributed by atoms with Crippen LogP contribution in [0.1, 0.15) is 33.3 Å². The Labute approximate surface area is 118 Å². The van der Waals surface area contributed by atoms with Gasteiger partial charge in [0, 0.05) is 12.4 Å². The van der Waals surface area contributed by atoms with Gasteiger partial charge in [-0.2, -0.15) is 0 Å². The summed E-state index contributed by atoms with van der Waals surface area (Å²) in [7, 11) is 0. The molecule has 0 fully saturated rings. The summed E-state index contributed by atoms with van der Waals surface area (Å²) in [6.07, 6.45) is 2.55. The van der Waals surface area contributed by atoms with Gasteiger partial charge in [0.1, 0.15) is 11.6 Å². The quantitative estimate of drug-likeness (QED) is 0.915. The summed E-state index contributed by atoms with van der Waals surface area (Å²) in [6, 6.07) is 2.53. The Hall–Kier alpha value is -2.11. The highest BCUT2D eigenvalue weighted by Gasteiger charge is 2.29. The lowest BCUT2D eigenvalue weighted by molar-refractivity contribution is -0.142. The molecule has 110 valence electrons. The van der Waals surface area contributed by atoms with Crippen LogP contribution in [-0.4, -0.2) is 38.7 Å². The van der Waals surface area contributed by atoms with Crippen LogP contribution in [0, 0.1) is 0 Å². The van der Waals surface area contributed by atoms with E-state index in [1.54, 1.807) is 45.3 Å². The van der Waals surface area contributed by atoms with Gasteiger partial charge in [-0.25, -0.2) is 9.59 Å². The van der Waals surface area contributed by atoms with Crippen molar-refractivity contribution in [2.24, 2.45) is 0 Å². The Morgan fingerprint density at radius 1 is 1.45 bits per heavy atom. The molecular weight excluding hydrogens is 260 g/mol. The zero-order chi connectivity index (χ0) is 15.3. The van der Waals surface area contributed by atoms with E-state index in [1.165, 1.54) is 11.8 Å². The molecule has 1 amide bonds. The first kappa shape index (κ1) is 15.9. The summed E-state index contributed by atoms with van der Waals surface area (Å²) in [4.78, 5) is 28.4. The van der Waals surface area contributed by atoms with Crippen molar-refractivity contribution in [2.75, 3.05) is 0 Å². The van der Waals surface area contributed by atoms with E-state index in [9.17, 15) is 9.59 Å². The summed E-state index contributed by atoms with van der Waals surface area (Å²) in [5, 5.41) is 9.11. The maximum absolute atomic E-state index is 12.1. The Morgan fingerprint density at radius 2 is 2.10 bits per heavy atom. The van der Waals surface area contributed by atoms with Crippen molar-refractivity contribution in [1.82, 2.24) is 9.88 Å². The molecule has 0 saturated carbocycles. The van der Waals surface area contributed by atoms with Crippen molar-refractivity contribution in [1.29, 1.82) is 0 Å². The molecule has 1 heterocycles. The number of pyridine rings is 1. The monoisotopic (exact) mass is 280 g/mol. The highest BCUT2D eigenvalue weighted by molar-refractivity contribution is 5.79. The molecule has 6 heteroatoms. The van der Waals surface area contributed by atoms with Crippen LogP contribution in [0.4, 0.5) is 4.79 Å². The van der Waals surface area contributed by atoms with E-state index in [-0.39, 0.29) is 6.54 Å². The van der Waals surface area contributed by atoms with Gasteiger partial charge in [0.2, 0.25) is 0 Å². The first-order valence-corrected chi connectivity index (χ1v) is 6.32. The largest absolute Gasteiger partial charge is 0.480 e. The molecule has 1 aromatic rings. The maximum Gasteiger partial charge on any atom is 0.411 e. The van der Waals surface area contributed by atoms with Gasteiger partial charge in [0.15, 0.2) is 0 Å². The summed E-state index contributed by atoms with van der Waals surface area (Å²) < 4.78 is 5.25. The molecule has 0 saturated heterocycles. The molecule has 0 bridgehead atoms. The normalized spacial score (nSPS) is 12.6. The second-order valence-electron chi connectivity index (χ2n) is 5.48. The Balaban J connectivity index is 2.91. The fourth-order valence-corrected chi connectivity index (χ4v) is 1.50. The molecule has 1 atom stereocenters. The number of aromatic nitrogens is 1. The van der Waals surface area contributed by atoms with Crippen LogP contribution >= 0.6 is 0 Å². The molecule has 0 spiro atoms. The van der Waals surface area contributed by atoms with Crippen LogP contribution in [0.5, 0.6) is 0 Å². The van der Waals surface area contributed by atoms with Crippen LogP contribution in [-0.2, 0) is 16.1 Å². The van der Waals surface area contributed by atoms with Crippen molar-refractivity contribution in [3.05, 3.63) is 30.1 Å². The second-order valence-corrected chi connectivity index (χ2v) is 5.48. The lowest BCUT2D eigenvalue weighted by atomic mass is 10.2. The number of ether oxygens (including phenoxy) is 1. The van der Waals surface area contributed by atoms with Gasteiger partial charge >= 0.3 is 12.1 Å². The Bertz CT molecular complexity index is 468. The number of hydrogen-bond acceptors (Lipinski definition) is 4. The number of carboxylic acids is 1. The molecule has 1 rings (SSSR count). The van der Waals surface area contributed by atoms with Gasteiger partial charge in [0.25, 0.3) is 0 Å². The number of hydrogen-bond donors (Lipinski definition) is 1. The van der Waals surface area contributed by atoms with Crippen molar-refractivity contribution < 1.29 is 19.4 Å². The van der Waals surface area contributed by atoms with E-state index in [1.807, 2.05) is 0 Å². The van der Waals surface area contributed by atoms with E-state index < -0.39 is 23.7 Å². The predicted octanol–water partition coefficient (Wildman–Crippen LogP) is 2.29. The van der Waals surface area contributed by atoms with Gasteiger partial charge in [-0.1, -0.05) is 6.07 Å². The summed E-state index contributed by atoms with van der Waals surface area (Å²) >= 11 is 0. The minimum Gasteiger partial charge on any atom is -0.480 e. The van der Waals surface area contributed by atoms with Crippen LogP contribution in [0.15, 0.2) is 24.5 Å². The molecule has 0 radical (unpaired) electrons. The average Bonchev–Trinajstić information content (AvgIpc) is 2.34. The molecule has 0 aliphatic heterocycles. The molecule has 0 aromatic carbocycles. The maximum atomic E-state index is 12.1. The molecule has 1 unspecified atom stereocenters. The summed E-state index contributed by atoms with van der Waals surface area (Å²) in [6.45, 7) is 6.79. The van der Waals surface area contributed by atoms with Gasteiger partial charge in [-0.3, -0.25) is 9.88 Å². The van der Waals surface area contributed by atoms with E-state index >= 15 is 0 Å². The lowest BCUT2D eigenvalue weighted by Gasteiger charge is -2.29. The number of rotatable bonds is 4. The van der Waals surface area contributed by atoms with Crippen LogP contribution in [0.2, 0.25) is 0 Å². The van der Waals surface area contributed by atoms with E-state index in [0.717, 1.165) is 5.56 Å². The average molecular weight is 280 g/mol. The number of aliphatic carboxylic acids is 1. The van der Waals surface area contributed by atoms with Gasteiger partial charge in [-0.15, -0.1) is 0 Å². The molecule has 0 aliphatic carbocycles. The van der Waals surface area contributed by atoms with Crippen molar-refractivity contribution >= 4 is 12.1 Å². The molecule has 6 nitrogen and oxygen atoms in total. The minimum absolute atomic E-state index is 0.135. The molecule has 1 aromatic heterocycles.